The van der Waals surface area contributed by atoms with E-state index in [0.29, 0.717) is 43.3 Å². The first-order chi connectivity index (χ1) is 17.2. The van der Waals surface area contributed by atoms with Crippen molar-refractivity contribution in [2.24, 2.45) is 11.3 Å². The fourth-order valence-corrected chi connectivity index (χ4v) is 4.70. The largest absolute Gasteiger partial charge is 0.382 e. The first-order valence-electron chi connectivity index (χ1n) is 13.3. The van der Waals surface area contributed by atoms with E-state index < -0.39 is 0 Å². The number of benzene rings is 2. The van der Waals surface area contributed by atoms with E-state index in [9.17, 15) is 9.59 Å². The van der Waals surface area contributed by atoms with E-state index in [1.165, 1.54) is 5.56 Å². The van der Waals surface area contributed by atoms with Crippen molar-refractivity contribution in [3.05, 3.63) is 59.7 Å². The molecule has 6 nitrogen and oxygen atoms in total. The second-order valence-electron chi connectivity index (χ2n) is 10.9. The first-order valence-corrected chi connectivity index (χ1v) is 13.3. The SMILES string of the molecule is CCOCCCNC(=O)c1cc(NC(=O)CC(C)(C)C)ccc1N1CCC(Cc2ccccc2)CC1. The summed E-state index contributed by atoms with van der Waals surface area (Å²) in [5.74, 6) is 0.496. The van der Waals surface area contributed by atoms with Gasteiger partial charge in [-0.15, -0.1) is 0 Å². The average Bonchev–Trinajstić information content (AvgIpc) is 2.84. The van der Waals surface area contributed by atoms with E-state index >= 15 is 0 Å². The molecule has 1 aliphatic heterocycles. The second-order valence-corrected chi connectivity index (χ2v) is 10.9. The van der Waals surface area contributed by atoms with Gasteiger partial charge in [-0.05, 0) is 67.7 Å². The molecule has 36 heavy (non-hydrogen) atoms. The normalized spacial score (nSPS) is 14.5. The summed E-state index contributed by atoms with van der Waals surface area (Å²) in [5, 5.41) is 6.02. The van der Waals surface area contributed by atoms with Gasteiger partial charge in [-0.1, -0.05) is 51.1 Å². The molecular weight excluding hydrogens is 450 g/mol. The molecule has 0 aromatic heterocycles. The van der Waals surface area contributed by atoms with Crippen molar-refractivity contribution in [1.82, 2.24) is 5.32 Å². The quantitative estimate of drug-likeness (QED) is 0.395. The molecule has 0 bridgehead atoms. The van der Waals surface area contributed by atoms with Crippen molar-refractivity contribution in [3.8, 4) is 0 Å². The third-order valence-electron chi connectivity index (χ3n) is 6.49. The number of piperidine rings is 1. The molecule has 0 saturated carbocycles. The van der Waals surface area contributed by atoms with Crippen LogP contribution in [0.15, 0.2) is 48.5 Å². The molecule has 2 aromatic carbocycles. The number of nitrogens with zero attached hydrogens (tertiary/aromatic N) is 1. The Hall–Kier alpha value is -2.86. The predicted octanol–water partition coefficient (Wildman–Crippen LogP) is 5.68. The van der Waals surface area contributed by atoms with E-state index in [2.05, 4.69) is 45.9 Å². The van der Waals surface area contributed by atoms with Crippen LogP contribution in [0.1, 0.15) is 69.3 Å². The first kappa shape index (κ1) is 27.7. The molecule has 196 valence electrons. The van der Waals surface area contributed by atoms with Crippen LogP contribution in [0.5, 0.6) is 0 Å². The Balaban J connectivity index is 1.70. The molecule has 0 unspecified atom stereocenters. The van der Waals surface area contributed by atoms with Gasteiger partial charge in [0.1, 0.15) is 0 Å². The highest BCUT2D eigenvalue weighted by atomic mass is 16.5. The molecule has 1 fully saturated rings. The van der Waals surface area contributed by atoms with Crippen LogP contribution in [0.2, 0.25) is 0 Å². The Labute approximate surface area is 216 Å². The van der Waals surface area contributed by atoms with E-state index in [4.69, 9.17) is 4.74 Å². The number of hydrogen-bond donors (Lipinski definition) is 2. The van der Waals surface area contributed by atoms with Gasteiger partial charge in [-0.25, -0.2) is 0 Å². The zero-order valence-corrected chi connectivity index (χ0v) is 22.4. The minimum atomic E-state index is -0.111. The lowest BCUT2D eigenvalue weighted by Crippen LogP contribution is -2.36. The minimum Gasteiger partial charge on any atom is -0.382 e. The maximum Gasteiger partial charge on any atom is 0.253 e. The number of anilines is 2. The van der Waals surface area contributed by atoms with Crippen molar-refractivity contribution in [2.75, 3.05) is 43.1 Å². The lowest BCUT2D eigenvalue weighted by molar-refractivity contribution is -0.117. The summed E-state index contributed by atoms with van der Waals surface area (Å²) in [6.07, 6.45) is 4.47. The van der Waals surface area contributed by atoms with Gasteiger partial charge in [0, 0.05) is 50.6 Å². The number of rotatable bonds is 11. The van der Waals surface area contributed by atoms with Crippen LogP contribution >= 0.6 is 0 Å². The van der Waals surface area contributed by atoms with Crippen LogP contribution < -0.4 is 15.5 Å². The molecule has 0 spiro atoms. The summed E-state index contributed by atoms with van der Waals surface area (Å²) in [4.78, 5) is 28.1. The number of hydrogen-bond acceptors (Lipinski definition) is 4. The molecule has 0 aliphatic carbocycles. The molecule has 0 radical (unpaired) electrons. The Morgan fingerprint density at radius 1 is 1.06 bits per heavy atom. The zero-order valence-electron chi connectivity index (χ0n) is 22.4. The molecule has 0 atom stereocenters. The maximum atomic E-state index is 13.2. The highest BCUT2D eigenvalue weighted by Gasteiger charge is 2.24. The highest BCUT2D eigenvalue weighted by molar-refractivity contribution is 6.02. The van der Waals surface area contributed by atoms with Gasteiger partial charge in [0.15, 0.2) is 0 Å². The number of carbonyl (C=O) groups is 2. The van der Waals surface area contributed by atoms with E-state index in [-0.39, 0.29) is 17.2 Å². The van der Waals surface area contributed by atoms with Crippen LogP contribution in [-0.4, -0.2) is 44.7 Å². The van der Waals surface area contributed by atoms with Crippen LogP contribution in [0.3, 0.4) is 0 Å². The third kappa shape index (κ3) is 8.98. The van der Waals surface area contributed by atoms with Crippen molar-refractivity contribution >= 4 is 23.2 Å². The predicted molar refractivity (Wildman–Crippen MR) is 148 cm³/mol. The highest BCUT2D eigenvalue weighted by Crippen LogP contribution is 2.30. The number of carbonyl (C=O) groups excluding carboxylic acids is 2. The zero-order chi connectivity index (χ0) is 26.0. The van der Waals surface area contributed by atoms with Crippen molar-refractivity contribution in [1.29, 1.82) is 0 Å². The molecule has 2 aromatic rings. The summed E-state index contributed by atoms with van der Waals surface area (Å²) >= 11 is 0. The van der Waals surface area contributed by atoms with Crippen LogP contribution in [0.25, 0.3) is 0 Å². The van der Waals surface area contributed by atoms with Gasteiger partial charge < -0.3 is 20.3 Å². The van der Waals surface area contributed by atoms with Gasteiger partial charge >= 0.3 is 0 Å². The lowest BCUT2D eigenvalue weighted by atomic mass is 9.89. The molecule has 2 amide bonds. The maximum absolute atomic E-state index is 13.2. The molecule has 1 aliphatic rings. The molecule has 1 heterocycles. The van der Waals surface area contributed by atoms with Gasteiger partial charge in [0.2, 0.25) is 5.91 Å². The van der Waals surface area contributed by atoms with Crippen molar-refractivity contribution in [2.45, 2.75) is 59.8 Å². The molecule has 3 rings (SSSR count). The Bertz CT molecular complexity index is 977. The third-order valence-corrected chi connectivity index (χ3v) is 6.49. The minimum absolute atomic E-state index is 0.0416. The standard InChI is InChI=1S/C30H43N3O3/c1-5-36-19-9-16-31-29(35)26-21-25(32-28(34)22-30(2,3)4)12-13-27(26)33-17-14-24(15-18-33)20-23-10-7-6-8-11-23/h6-8,10-13,21,24H,5,9,14-20,22H2,1-4H3,(H,31,35)(H,32,34). The van der Waals surface area contributed by atoms with Gasteiger partial charge in [0.05, 0.1) is 5.56 Å². The Morgan fingerprint density at radius 3 is 2.44 bits per heavy atom. The lowest BCUT2D eigenvalue weighted by Gasteiger charge is -2.35. The number of ether oxygens (including phenoxy) is 1. The number of amides is 2. The smallest absolute Gasteiger partial charge is 0.253 e. The van der Waals surface area contributed by atoms with Crippen LogP contribution in [0, 0.1) is 11.3 Å². The van der Waals surface area contributed by atoms with Crippen LogP contribution in [0.4, 0.5) is 11.4 Å². The molecule has 1 saturated heterocycles. The fraction of sp³-hybridized carbons (Fsp3) is 0.533. The summed E-state index contributed by atoms with van der Waals surface area (Å²) < 4.78 is 5.39. The summed E-state index contributed by atoms with van der Waals surface area (Å²) in [7, 11) is 0. The fourth-order valence-electron chi connectivity index (χ4n) is 4.70. The average molecular weight is 494 g/mol. The van der Waals surface area contributed by atoms with E-state index in [1.807, 2.05) is 45.9 Å². The van der Waals surface area contributed by atoms with Crippen LogP contribution in [-0.2, 0) is 16.0 Å². The summed E-state index contributed by atoms with van der Waals surface area (Å²) in [6.45, 7) is 11.8. The van der Waals surface area contributed by atoms with Gasteiger partial charge in [0.25, 0.3) is 5.91 Å². The van der Waals surface area contributed by atoms with E-state index in [1.54, 1.807) is 0 Å². The summed E-state index contributed by atoms with van der Waals surface area (Å²) in [5.41, 5.74) is 3.49. The monoisotopic (exact) mass is 493 g/mol. The number of nitrogens with one attached hydrogen (secondary N) is 2. The Morgan fingerprint density at radius 2 is 1.78 bits per heavy atom. The topological polar surface area (TPSA) is 70.7 Å². The molecule has 6 heteroatoms. The second kappa shape index (κ2) is 13.4. The van der Waals surface area contributed by atoms with Gasteiger partial charge in [-0.2, -0.15) is 0 Å². The molecule has 2 N–H and O–H groups in total. The Kier molecular flexibility index (Phi) is 10.4. The summed E-state index contributed by atoms with van der Waals surface area (Å²) in [6, 6.07) is 16.4. The van der Waals surface area contributed by atoms with Gasteiger partial charge in [-0.3, -0.25) is 9.59 Å². The van der Waals surface area contributed by atoms with Crippen molar-refractivity contribution in [3.63, 3.8) is 0 Å². The van der Waals surface area contributed by atoms with Crippen molar-refractivity contribution < 1.29 is 14.3 Å². The molecular formula is C30H43N3O3. The van der Waals surface area contributed by atoms with E-state index in [0.717, 1.165) is 44.5 Å².